The molecule has 0 unspecified atom stereocenters. The summed E-state index contributed by atoms with van der Waals surface area (Å²) in [5.74, 6) is -0.885. The van der Waals surface area contributed by atoms with E-state index in [9.17, 15) is 14.0 Å². The Morgan fingerprint density at radius 3 is 2.58 bits per heavy atom. The Morgan fingerprint density at radius 1 is 1.17 bits per heavy atom. The second kappa shape index (κ2) is 6.62. The molecule has 0 radical (unpaired) electrons. The molecular weight excluding hydrogens is 309 g/mol. The third kappa shape index (κ3) is 3.03. The van der Waals surface area contributed by atoms with Crippen LogP contribution in [-0.2, 0) is 13.1 Å². The van der Waals surface area contributed by atoms with Crippen molar-refractivity contribution >= 4 is 16.8 Å². The Balaban J connectivity index is 1.90. The number of aryl methyl sites for hydroxylation is 1. The van der Waals surface area contributed by atoms with Crippen molar-refractivity contribution in [2.24, 2.45) is 0 Å². The van der Waals surface area contributed by atoms with Gasteiger partial charge in [-0.05, 0) is 36.8 Å². The summed E-state index contributed by atoms with van der Waals surface area (Å²) in [5.41, 5.74) is 0.894. The minimum atomic E-state index is -0.544. The number of para-hydroxylation sites is 1. The predicted octanol–water partition coefficient (Wildman–Crippen LogP) is 2.49. The normalized spacial score (nSPS) is 10.8. The molecule has 1 heterocycles. The fraction of sp³-hybridized carbons (Fsp3) is 0.167. The highest BCUT2D eigenvalue weighted by molar-refractivity contribution is 5.95. The minimum Gasteiger partial charge on any atom is -0.346 e. The molecule has 0 fully saturated rings. The topological polar surface area (TPSA) is 64.0 Å². The number of hydrogen-bond donors (Lipinski definition) is 1. The van der Waals surface area contributed by atoms with Crippen LogP contribution in [0.3, 0.4) is 0 Å². The first-order valence-corrected chi connectivity index (χ1v) is 7.62. The van der Waals surface area contributed by atoms with Crippen molar-refractivity contribution < 1.29 is 9.18 Å². The summed E-state index contributed by atoms with van der Waals surface area (Å²) in [6, 6.07) is 12.9. The second-order valence-corrected chi connectivity index (χ2v) is 5.32. The molecule has 2 aromatic carbocycles. The van der Waals surface area contributed by atoms with Gasteiger partial charge in [0.05, 0.1) is 5.52 Å². The lowest BCUT2D eigenvalue weighted by molar-refractivity contribution is 0.0943. The summed E-state index contributed by atoms with van der Waals surface area (Å²) in [5, 5.41) is 7.29. The number of benzene rings is 2. The van der Waals surface area contributed by atoms with Crippen molar-refractivity contribution in [2.45, 2.75) is 20.0 Å². The fourth-order valence-corrected chi connectivity index (χ4v) is 2.50. The summed E-state index contributed by atoms with van der Waals surface area (Å²) in [4.78, 5) is 24.9. The van der Waals surface area contributed by atoms with Gasteiger partial charge in [0.2, 0.25) is 5.43 Å². The maximum Gasteiger partial charge on any atom is 0.276 e. The van der Waals surface area contributed by atoms with E-state index in [0.717, 1.165) is 5.56 Å². The highest BCUT2D eigenvalue weighted by Crippen LogP contribution is 2.09. The van der Waals surface area contributed by atoms with Gasteiger partial charge < -0.3 is 5.32 Å². The number of fused-ring (bicyclic) bond motifs is 1. The third-order valence-corrected chi connectivity index (χ3v) is 3.74. The molecule has 1 aromatic heterocycles. The van der Waals surface area contributed by atoms with Crippen molar-refractivity contribution in [1.82, 2.24) is 15.1 Å². The van der Waals surface area contributed by atoms with Crippen LogP contribution >= 0.6 is 0 Å². The van der Waals surface area contributed by atoms with Gasteiger partial charge >= 0.3 is 0 Å². The average Bonchev–Trinajstić information content (AvgIpc) is 2.61. The molecule has 24 heavy (non-hydrogen) atoms. The smallest absolute Gasteiger partial charge is 0.276 e. The van der Waals surface area contributed by atoms with Crippen LogP contribution < -0.4 is 10.7 Å². The number of carbonyl (C=O) groups excluding carboxylic acids is 1. The summed E-state index contributed by atoms with van der Waals surface area (Å²) in [6.07, 6.45) is 0. The summed E-state index contributed by atoms with van der Waals surface area (Å²) in [6.45, 7) is 2.63. The molecule has 0 aliphatic heterocycles. The maximum atomic E-state index is 12.9. The fourth-order valence-electron chi connectivity index (χ4n) is 2.50. The van der Waals surface area contributed by atoms with Crippen molar-refractivity contribution in [3.8, 4) is 0 Å². The van der Waals surface area contributed by atoms with Gasteiger partial charge in [0.1, 0.15) is 5.82 Å². The lowest BCUT2D eigenvalue weighted by atomic mass is 10.2. The summed E-state index contributed by atoms with van der Waals surface area (Å²) < 4.78 is 14.5. The minimum absolute atomic E-state index is 0.141. The molecule has 122 valence electrons. The van der Waals surface area contributed by atoms with Crippen LogP contribution in [0.15, 0.2) is 53.3 Å². The molecular formula is C18H16FN3O2. The van der Waals surface area contributed by atoms with Crippen LogP contribution in [0.2, 0.25) is 0 Å². The van der Waals surface area contributed by atoms with E-state index in [1.807, 2.05) is 13.0 Å². The standard InChI is InChI=1S/C18H16FN3O2/c1-2-22-15-6-4-3-5-14(15)17(23)16(21-22)18(24)20-11-12-7-9-13(19)10-8-12/h3-10H,2,11H2,1H3,(H,20,24). The van der Waals surface area contributed by atoms with Gasteiger partial charge in [0.15, 0.2) is 5.69 Å². The lowest BCUT2D eigenvalue weighted by Gasteiger charge is -2.10. The van der Waals surface area contributed by atoms with Gasteiger partial charge in [-0.3, -0.25) is 14.3 Å². The molecule has 5 nitrogen and oxygen atoms in total. The Morgan fingerprint density at radius 2 is 1.88 bits per heavy atom. The van der Waals surface area contributed by atoms with Crippen molar-refractivity contribution in [3.05, 3.63) is 75.8 Å². The first-order chi connectivity index (χ1) is 11.6. The van der Waals surface area contributed by atoms with Gasteiger partial charge in [0, 0.05) is 18.5 Å². The van der Waals surface area contributed by atoms with Crippen LogP contribution in [0.4, 0.5) is 4.39 Å². The average molecular weight is 325 g/mol. The van der Waals surface area contributed by atoms with E-state index in [-0.39, 0.29) is 18.1 Å². The zero-order valence-corrected chi connectivity index (χ0v) is 13.1. The van der Waals surface area contributed by atoms with E-state index in [4.69, 9.17) is 0 Å². The highest BCUT2D eigenvalue weighted by Gasteiger charge is 2.16. The zero-order chi connectivity index (χ0) is 17.1. The van der Waals surface area contributed by atoms with Gasteiger partial charge in [-0.2, -0.15) is 5.10 Å². The van der Waals surface area contributed by atoms with Crippen molar-refractivity contribution in [2.75, 3.05) is 0 Å². The lowest BCUT2D eigenvalue weighted by Crippen LogP contribution is -2.31. The highest BCUT2D eigenvalue weighted by atomic mass is 19.1. The van der Waals surface area contributed by atoms with E-state index in [0.29, 0.717) is 17.4 Å². The molecule has 3 aromatic rings. The van der Waals surface area contributed by atoms with Gasteiger partial charge in [-0.25, -0.2) is 4.39 Å². The van der Waals surface area contributed by atoms with Gasteiger partial charge in [-0.1, -0.05) is 24.3 Å². The number of nitrogens with zero attached hydrogens (tertiary/aromatic N) is 2. The van der Waals surface area contributed by atoms with E-state index in [1.165, 1.54) is 12.1 Å². The Labute approximate surface area is 137 Å². The molecule has 6 heteroatoms. The van der Waals surface area contributed by atoms with Crippen LogP contribution in [0.25, 0.3) is 10.9 Å². The molecule has 0 atom stereocenters. The Kier molecular flexibility index (Phi) is 4.37. The molecule has 0 saturated heterocycles. The van der Waals surface area contributed by atoms with Crippen molar-refractivity contribution in [1.29, 1.82) is 0 Å². The van der Waals surface area contributed by atoms with Gasteiger partial charge in [0.25, 0.3) is 5.91 Å². The number of carbonyl (C=O) groups is 1. The quantitative estimate of drug-likeness (QED) is 0.801. The zero-order valence-electron chi connectivity index (χ0n) is 13.1. The maximum absolute atomic E-state index is 12.9. The van der Waals surface area contributed by atoms with E-state index in [1.54, 1.807) is 35.0 Å². The predicted molar refractivity (Wildman–Crippen MR) is 89.2 cm³/mol. The van der Waals surface area contributed by atoms with Crippen LogP contribution in [0.5, 0.6) is 0 Å². The molecule has 3 rings (SSSR count). The third-order valence-electron chi connectivity index (χ3n) is 3.74. The van der Waals surface area contributed by atoms with Gasteiger partial charge in [-0.15, -0.1) is 0 Å². The Bertz CT molecular complexity index is 949. The summed E-state index contributed by atoms with van der Waals surface area (Å²) in [7, 11) is 0. The molecule has 0 aliphatic carbocycles. The monoisotopic (exact) mass is 325 g/mol. The number of rotatable bonds is 4. The van der Waals surface area contributed by atoms with Crippen LogP contribution in [0.1, 0.15) is 23.0 Å². The largest absolute Gasteiger partial charge is 0.346 e. The van der Waals surface area contributed by atoms with E-state index < -0.39 is 11.3 Å². The molecule has 0 spiro atoms. The molecule has 0 bridgehead atoms. The number of hydrogen-bond acceptors (Lipinski definition) is 3. The first kappa shape index (κ1) is 15.9. The molecule has 0 aliphatic rings. The first-order valence-electron chi connectivity index (χ1n) is 7.62. The molecule has 1 N–H and O–H groups in total. The van der Waals surface area contributed by atoms with Crippen LogP contribution in [-0.4, -0.2) is 15.7 Å². The van der Waals surface area contributed by atoms with Crippen LogP contribution in [0, 0.1) is 5.82 Å². The SMILES string of the molecule is CCn1nc(C(=O)NCc2ccc(F)cc2)c(=O)c2ccccc21. The molecule has 1 amide bonds. The second-order valence-electron chi connectivity index (χ2n) is 5.32. The molecule has 0 saturated carbocycles. The van der Waals surface area contributed by atoms with E-state index >= 15 is 0 Å². The Hall–Kier alpha value is -3.02. The van der Waals surface area contributed by atoms with E-state index in [2.05, 4.69) is 10.4 Å². The number of amides is 1. The summed E-state index contributed by atoms with van der Waals surface area (Å²) >= 11 is 0. The van der Waals surface area contributed by atoms with Crippen molar-refractivity contribution in [3.63, 3.8) is 0 Å². The number of halogens is 1. The number of nitrogens with one attached hydrogen (secondary N) is 1. The number of aromatic nitrogens is 2.